The van der Waals surface area contributed by atoms with Crippen molar-refractivity contribution in [2.45, 2.75) is 6.42 Å². The number of rotatable bonds is 9. The Balaban J connectivity index is 1.56. The van der Waals surface area contributed by atoms with Crippen molar-refractivity contribution in [1.82, 2.24) is 10.6 Å². The predicted molar refractivity (Wildman–Crippen MR) is 146 cm³/mol. The van der Waals surface area contributed by atoms with Gasteiger partial charge in [-0.2, -0.15) is 0 Å². The molecule has 1 heterocycles. The van der Waals surface area contributed by atoms with Gasteiger partial charge in [-0.3, -0.25) is 9.59 Å². The van der Waals surface area contributed by atoms with Gasteiger partial charge in [0.2, 0.25) is 0 Å². The molecule has 0 radical (unpaired) electrons. The van der Waals surface area contributed by atoms with E-state index in [9.17, 15) is 9.59 Å². The molecule has 0 saturated carbocycles. The third-order valence-electron chi connectivity index (χ3n) is 5.49. The summed E-state index contributed by atoms with van der Waals surface area (Å²) in [7, 11) is 1.55. The third kappa shape index (κ3) is 7.03. The van der Waals surface area contributed by atoms with Gasteiger partial charge >= 0.3 is 0 Å². The monoisotopic (exact) mass is 534 g/mol. The molecule has 1 aromatic heterocycles. The number of ether oxygens (including phenoxy) is 1. The van der Waals surface area contributed by atoms with Gasteiger partial charge in [0.05, 0.1) is 12.1 Å². The van der Waals surface area contributed by atoms with Crippen LogP contribution in [0.15, 0.2) is 95.0 Å². The quantitative estimate of drug-likeness (QED) is 0.244. The smallest absolute Gasteiger partial charge is 0.267 e. The van der Waals surface area contributed by atoms with Crippen LogP contribution in [0.3, 0.4) is 0 Å². The highest BCUT2D eigenvalue weighted by Gasteiger charge is 2.16. The zero-order chi connectivity index (χ0) is 26.2. The van der Waals surface area contributed by atoms with Crippen LogP contribution in [-0.4, -0.2) is 25.5 Å². The summed E-state index contributed by atoms with van der Waals surface area (Å²) in [5.41, 5.74) is 2.11. The topological polar surface area (TPSA) is 80.6 Å². The number of benzene rings is 3. The molecule has 0 atom stereocenters. The van der Waals surface area contributed by atoms with E-state index in [1.54, 1.807) is 61.7 Å². The number of hydrogen-bond acceptors (Lipinski definition) is 4. The summed E-state index contributed by atoms with van der Waals surface area (Å²) in [5.74, 6) is 0.556. The molecule has 8 heteroatoms. The molecule has 37 heavy (non-hydrogen) atoms. The molecule has 188 valence electrons. The zero-order valence-corrected chi connectivity index (χ0v) is 21.5. The average Bonchev–Trinajstić information content (AvgIpc) is 3.38. The van der Waals surface area contributed by atoms with Crippen molar-refractivity contribution in [3.63, 3.8) is 0 Å². The lowest BCUT2D eigenvalue weighted by Gasteiger charge is -2.11. The third-order valence-corrected chi connectivity index (χ3v) is 6.06. The summed E-state index contributed by atoms with van der Waals surface area (Å²) in [5, 5.41) is 6.54. The van der Waals surface area contributed by atoms with Gasteiger partial charge in [0, 0.05) is 28.8 Å². The second-order valence-corrected chi connectivity index (χ2v) is 8.90. The maximum absolute atomic E-state index is 13.1. The van der Waals surface area contributed by atoms with E-state index in [1.165, 1.54) is 6.08 Å². The van der Waals surface area contributed by atoms with Crippen LogP contribution in [0.5, 0.6) is 5.75 Å². The number of carbonyl (C=O) groups is 2. The predicted octanol–water partition coefficient (Wildman–Crippen LogP) is 6.39. The average molecular weight is 535 g/mol. The second-order valence-electron chi connectivity index (χ2n) is 8.06. The summed E-state index contributed by atoms with van der Waals surface area (Å²) in [4.78, 5) is 26.0. The summed E-state index contributed by atoms with van der Waals surface area (Å²) >= 11 is 12.4. The van der Waals surface area contributed by atoms with Gasteiger partial charge in [-0.15, -0.1) is 0 Å². The van der Waals surface area contributed by atoms with Crippen LogP contribution in [0, 0.1) is 0 Å². The van der Waals surface area contributed by atoms with Crippen molar-refractivity contribution in [3.05, 3.63) is 118 Å². The molecule has 0 spiro atoms. The fourth-order valence-electron chi connectivity index (χ4n) is 3.56. The van der Waals surface area contributed by atoms with Gasteiger partial charge in [-0.05, 0) is 66.6 Å². The minimum atomic E-state index is -0.448. The Kier molecular flexibility index (Phi) is 8.67. The fraction of sp³-hybridized carbons (Fsp3) is 0.103. The number of hydrogen-bond donors (Lipinski definition) is 2. The second kappa shape index (κ2) is 12.3. The van der Waals surface area contributed by atoms with E-state index < -0.39 is 11.8 Å². The van der Waals surface area contributed by atoms with Gasteiger partial charge in [0.1, 0.15) is 23.0 Å². The van der Waals surface area contributed by atoms with Crippen molar-refractivity contribution in [3.8, 4) is 17.1 Å². The van der Waals surface area contributed by atoms with Crippen molar-refractivity contribution in [2.24, 2.45) is 0 Å². The van der Waals surface area contributed by atoms with Crippen molar-refractivity contribution in [1.29, 1.82) is 0 Å². The highest BCUT2D eigenvalue weighted by molar-refractivity contribution is 6.35. The number of furan rings is 1. The molecular weight excluding hydrogens is 511 g/mol. The minimum absolute atomic E-state index is 0.0342. The molecule has 4 aromatic rings. The molecule has 3 aromatic carbocycles. The van der Waals surface area contributed by atoms with Gasteiger partial charge in [0.25, 0.3) is 11.8 Å². The van der Waals surface area contributed by atoms with E-state index in [0.717, 1.165) is 5.56 Å². The van der Waals surface area contributed by atoms with Crippen molar-refractivity contribution in [2.75, 3.05) is 13.7 Å². The van der Waals surface area contributed by atoms with E-state index in [-0.39, 0.29) is 5.70 Å². The van der Waals surface area contributed by atoms with Gasteiger partial charge in [-0.1, -0.05) is 53.5 Å². The zero-order valence-electron chi connectivity index (χ0n) is 20.0. The Hall–Kier alpha value is -4.00. The largest absolute Gasteiger partial charge is 0.497 e. The first kappa shape index (κ1) is 26.1. The van der Waals surface area contributed by atoms with E-state index in [1.807, 2.05) is 30.3 Å². The first-order valence-electron chi connectivity index (χ1n) is 11.5. The molecule has 0 saturated heterocycles. The highest BCUT2D eigenvalue weighted by atomic mass is 35.5. The Bertz CT molecular complexity index is 1410. The maximum atomic E-state index is 13.1. The number of halogens is 2. The van der Waals surface area contributed by atoms with Crippen LogP contribution in [-0.2, 0) is 11.2 Å². The van der Waals surface area contributed by atoms with E-state index in [4.69, 9.17) is 32.4 Å². The summed E-state index contributed by atoms with van der Waals surface area (Å²) < 4.78 is 11.1. The Labute approximate surface area is 224 Å². The van der Waals surface area contributed by atoms with E-state index >= 15 is 0 Å². The molecule has 0 aliphatic carbocycles. The molecule has 6 nitrogen and oxygen atoms in total. The standard InChI is InChI=1S/C29H24Cl2N2O4/c1-36-22-10-7-20(8-11-22)28(34)33-26(29(35)32-16-15-19-5-3-2-4-6-19)18-23-12-14-27(37-23)24-17-21(30)9-13-25(24)31/h2-14,17-18H,15-16H2,1H3,(H,32,35)(H,33,34)/b26-18-. The molecule has 0 bridgehead atoms. The SMILES string of the molecule is COc1ccc(C(=O)N/C(=C\c2ccc(-c3cc(Cl)ccc3Cl)o2)C(=O)NCCc2ccccc2)cc1. The number of carbonyl (C=O) groups excluding carboxylic acids is 2. The normalized spacial score (nSPS) is 11.2. The summed E-state index contributed by atoms with van der Waals surface area (Å²) in [6.45, 7) is 0.389. The van der Waals surface area contributed by atoms with Crippen LogP contribution < -0.4 is 15.4 Å². The molecular formula is C29H24Cl2N2O4. The van der Waals surface area contributed by atoms with Crippen LogP contribution in [0.2, 0.25) is 10.0 Å². The van der Waals surface area contributed by atoms with Crippen LogP contribution >= 0.6 is 23.2 Å². The lowest BCUT2D eigenvalue weighted by Crippen LogP contribution is -2.35. The Morgan fingerprint density at radius 2 is 1.70 bits per heavy atom. The number of amides is 2. The van der Waals surface area contributed by atoms with Gasteiger partial charge < -0.3 is 19.8 Å². The van der Waals surface area contributed by atoms with Gasteiger partial charge in [-0.25, -0.2) is 0 Å². The molecule has 0 aliphatic heterocycles. The number of methoxy groups -OCH3 is 1. The van der Waals surface area contributed by atoms with Crippen molar-refractivity contribution >= 4 is 41.1 Å². The fourth-order valence-corrected chi connectivity index (χ4v) is 3.94. The molecule has 4 rings (SSSR count). The van der Waals surface area contributed by atoms with Crippen LogP contribution in [0.4, 0.5) is 0 Å². The lowest BCUT2D eigenvalue weighted by molar-refractivity contribution is -0.117. The Morgan fingerprint density at radius 1 is 0.946 bits per heavy atom. The molecule has 0 aliphatic rings. The van der Waals surface area contributed by atoms with Crippen LogP contribution in [0.25, 0.3) is 17.4 Å². The van der Waals surface area contributed by atoms with E-state index in [2.05, 4.69) is 10.6 Å². The Morgan fingerprint density at radius 3 is 2.43 bits per heavy atom. The van der Waals surface area contributed by atoms with Gasteiger partial charge in [0.15, 0.2) is 0 Å². The first-order valence-corrected chi connectivity index (χ1v) is 12.2. The molecule has 0 unspecified atom stereocenters. The maximum Gasteiger partial charge on any atom is 0.267 e. The molecule has 2 amide bonds. The summed E-state index contributed by atoms with van der Waals surface area (Å²) in [6, 6.07) is 24.8. The molecule has 0 fully saturated rings. The first-order chi connectivity index (χ1) is 17.9. The lowest BCUT2D eigenvalue weighted by atomic mass is 10.1. The number of nitrogens with one attached hydrogen (secondary N) is 2. The van der Waals surface area contributed by atoms with Crippen molar-refractivity contribution < 1.29 is 18.7 Å². The highest BCUT2D eigenvalue weighted by Crippen LogP contribution is 2.32. The minimum Gasteiger partial charge on any atom is -0.497 e. The van der Waals surface area contributed by atoms with Crippen LogP contribution in [0.1, 0.15) is 21.7 Å². The van der Waals surface area contributed by atoms with E-state index in [0.29, 0.717) is 51.4 Å². The molecule has 2 N–H and O–H groups in total. The summed E-state index contributed by atoms with van der Waals surface area (Å²) in [6.07, 6.45) is 2.12.